The molecule has 1 aromatic carbocycles. The van der Waals surface area contributed by atoms with Crippen molar-refractivity contribution in [1.82, 2.24) is 0 Å². The van der Waals surface area contributed by atoms with Gasteiger partial charge in [-0.3, -0.25) is 23.9 Å². The van der Waals surface area contributed by atoms with Crippen LogP contribution < -0.4 is 3.71 Å². The van der Waals surface area contributed by atoms with Crippen LogP contribution in [0.15, 0.2) is 18.2 Å². The number of nitrogens with zero attached hydrogens (tertiary/aromatic N) is 3. The average molecular weight is 383 g/mol. The third-order valence-corrected chi connectivity index (χ3v) is 7.49. The first-order chi connectivity index (χ1) is 12.0. The van der Waals surface area contributed by atoms with E-state index in [1.54, 1.807) is 23.9 Å². The zero-order valence-electron chi connectivity index (χ0n) is 13.8. The number of hydrogen-bond acceptors (Lipinski definition) is 7. The highest BCUT2D eigenvalue weighted by atomic mass is 32.2. The van der Waals surface area contributed by atoms with Gasteiger partial charge >= 0.3 is 5.69 Å². The Balaban J connectivity index is 1.89. The third-order valence-electron chi connectivity index (χ3n) is 4.66. The Kier molecular flexibility index (Phi) is 6.06. The lowest BCUT2D eigenvalue weighted by Crippen LogP contribution is -2.16. The minimum absolute atomic E-state index is 0.190. The Morgan fingerprint density at radius 2 is 1.40 bits per heavy atom. The average Bonchev–Trinajstić information content (AvgIpc) is 3.27. The SMILES string of the molecule is O=[N+]([O-])c1ccc(N(SC2CCCC2)SC2CCCC2)c([N+](=O)[O-])c1. The maximum absolute atomic E-state index is 11.5. The molecule has 7 nitrogen and oxygen atoms in total. The van der Waals surface area contributed by atoms with Gasteiger partial charge in [-0.2, -0.15) is 0 Å². The molecule has 3 rings (SSSR count). The second-order valence-electron chi connectivity index (χ2n) is 6.47. The molecule has 0 aliphatic heterocycles. The standard InChI is InChI=1S/C16H21N3O4S2/c20-17(21)12-9-10-15(16(11-12)18(22)23)19(24-13-5-1-2-6-13)25-14-7-3-4-8-14/h9-11,13-14H,1-8H2. The second kappa shape index (κ2) is 8.27. The molecule has 0 saturated heterocycles. The highest BCUT2D eigenvalue weighted by Gasteiger charge is 2.30. The number of nitro benzene ring substituents is 2. The van der Waals surface area contributed by atoms with E-state index in [4.69, 9.17) is 0 Å². The zero-order chi connectivity index (χ0) is 17.8. The van der Waals surface area contributed by atoms with Gasteiger partial charge in [0, 0.05) is 16.6 Å². The van der Waals surface area contributed by atoms with Gasteiger partial charge in [0.15, 0.2) is 0 Å². The number of anilines is 1. The van der Waals surface area contributed by atoms with E-state index < -0.39 is 9.85 Å². The van der Waals surface area contributed by atoms with Crippen molar-refractivity contribution in [3.63, 3.8) is 0 Å². The quantitative estimate of drug-likeness (QED) is 0.349. The molecule has 9 heteroatoms. The molecule has 0 amide bonds. The fraction of sp³-hybridized carbons (Fsp3) is 0.625. The van der Waals surface area contributed by atoms with Gasteiger partial charge in [-0.15, -0.1) is 0 Å². The van der Waals surface area contributed by atoms with Crippen molar-refractivity contribution < 1.29 is 9.85 Å². The summed E-state index contributed by atoms with van der Waals surface area (Å²) in [4.78, 5) is 21.4. The summed E-state index contributed by atoms with van der Waals surface area (Å²) in [5.74, 6) is 0. The molecule has 136 valence electrons. The zero-order valence-corrected chi connectivity index (χ0v) is 15.5. The summed E-state index contributed by atoms with van der Waals surface area (Å²) in [6.07, 6.45) is 9.26. The number of rotatable bonds is 7. The van der Waals surface area contributed by atoms with Gasteiger partial charge in [-0.1, -0.05) is 25.7 Å². The predicted octanol–water partition coefficient (Wildman–Crippen LogP) is 5.49. The molecule has 2 fully saturated rings. The maximum Gasteiger partial charge on any atom is 0.301 e. The van der Waals surface area contributed by atoms with Gasteiger partial charge in [0.25, 0.3) is 5.69 Å². The first-order valence-corrected chi connectivity index (χ1v) is 10.3. The van der Waals surface area contributed by atoms with Crippen molar-refractivity contribution >= 4 is 41.0 Å². The molecular formula is C16H21N3O4S2. The number of nitro groups is 2. The largest absolute Gasteiger partial charge is 0.301 e. The summed E-state index contributed by atoms with van der Waals surface area (Å²) in [5.41, 5.74) is 0.0294. The van der Waals surface area contributed by atoms with Crippen LogP contribution in [-0.2, 0) is 0 Å². The van der Waals surface area contributed by atoms with Gasteiger partial charge in [-0.25, -0.2) is 0 Å². The molecule has 2 saturated carbocycles. The lowest BCUT2D eigenvalue weighted by atomic mass is 10.2. The van der Waals surface area contributed by atoms with Crippen LogP contribution >= 0.6 is 23.9 Å². The number of hydrogen-bond donors (Lipinski definition) is 0. The van der Waals surface area contributed by atoms with Crippen molar-refractivity contribution in [3.8, 4) is 0 Å². The van der Waals surface area contributed by atoms with E-state index in [1.165, 1.54) is 37.8 Å². The number of benzene rings is 1. The van der Waals surface area contributed by atoms with Crippen molar-refractivity contribution in [3.05, 3.63) is 38.4 Å². The Morgan fingerprint density at radius 1 is 0.880 bits per heavy atom. The Morgan fingerprint density at radius 3 is 1.84 bits per heavy atom. The summed E-state index contributed by atoms with van der Waals surface area (Å²) in [7, 11) is 0. The molecular weight excluding hydrogens is 362 g/mol. The second-order valence-corrected chi connectivity index (χ2v) is 9.18. The van der Waals surface area contributed by atoms with E-state index in [1.807, 2.05) is 3.71 Å². The van der Waals surface area contributed by atoms with Crippen LogP contribution in [0.4, 0.5) is 17.1 Å². The van der Waals surface area contributed by atoms with Crippen LogP contribution in [0.25, 0.3) is 0 Å². The van der Waals surface area contributed by atoms with Crippen LogP contribution in [0.5, 0.6) is 0 Å². The topological polar surface area (TPSA) is 89.5 Å². The third kappa shape index (κ3) is 4.58. The minimum Gasteiger partial charge on any atom is -0.258 e. The molecule has 0 unspecified atom stereocenters. The molecule has 0 bridgehead atoms. The molecule has 2 aliphatic rings. The maximum atomic E-state index is 11.5. The van der Waals surface area contributed by atoms with Crippen molar-refractivity contribution in [2.45, 2.75) is 61.9 Å². The van der Waals surface area contributed by atoms with Gasteiger partial charge in [0.05, 0.1) is 15.9 Å². The smallest absolute Gasteiger partial charge is 0.258 e. The highest BCUT2D eigenvalue weighted by Crippen LogP contribution is 2.46. The van der Waals surface area contributed by atoms with Gasteiger partial charge in [-0.05, 0) is 55.6 Å². The Hall–Kier alpha value is -1.48. The summed E-state index contributed by atoms with van der Waals surface area (Å²) in [5, 5.41) is 23.4. The van der Waals surface area contributed by atoms with E-state index in [0.717, 1.165) is 31.7 Å². The summed E-state index contributed by atoms with van der Waals surface area (Å²) >= 11 is 3.32. The van der Waals surface area contributed by atoms with Crippen LogP contribution in [0.1, 0.15) is 51.4 Å². The summed E-state index contributed by atoms with van der Waals surface area (Å²) < 4.78 is 1.97. The first kappa shape index (κ1) is 18.3. The summed E-state index contributed by atoms with van der Waals surface area (Å²) in [6.45, 7) is 0. The molecule has 0 aromatic heterocycles. The van der Waals surface area contributed by atoms with Crippen LogP contribution in [0.3, 0.4) is 0 Å². The van der Waals surface area contributed by atoms with Crippen LogP contribution in [0, 0.1) is 20.2 Å². The van der Waals surface area contributed by atoms with E-state index in [0.29, 0.717) is 16.2 Å². The van der Waals surface area contributed by atoms with Gasteiger partial charge < -0.3 is 0 Å². The van der Waals surface area contributed by atoms with E-state index in [-0.39, 0.29) is 11.4 Å². The fourth-order valence-corrected chi connectivity index (χ4v) is 6.42. The van der Waals surface area contributed by atoms with Gasteiger partial charge in [0.2, 0.25) is 0 Å². The molecule has 2 aliphatic carbocycles. The van der Waals surface area contributed by atoms with E-state index in [9.17, 15) is 20.2 Å². The monoisotopic (exact) mass is 383 g/mol. The normalized spacial score (nSPS) is 18.6. The van der Waals surface area contributed by atoms with Gasteiger partial charge in [0.1, 0.15) is 5.69 Å². The van der Waals surface area contributed by atoms with Crippen LogP contribution in [-0.4, -0.2) is 20.3 Å². The molecule has 0 atom stereocenters. The predicted molar refractivity (Wildman–Crippen MR) is 102 cm³/mol. The molecule has 0 radical (unpaired) electrons. The van der Waals surface area contributed by atoms with Crippen LogP contribution in [0.2, 0.25) is 0 Å². The molecule has 0 N–H and O–H groups in total. The number of non-ortho nitro benzene ring substituents is 1. The Bertz CT molecular complexity index is 628. The van der Waals surface area contributed by atoms with Crippen molar-refractivity contribution in [2.75, 3.05) is 3.71 Å². The lowest BCUT2D eigenvalue weighted by Gasteiger charge is -2.27. The lowest BCUT2D eigenvalue weighted by molar-refractivity contribution is -0.393. The Labute approximate surface area is 155 Å². The highest BCUT2D eigenvalue weighted by molar-refractivity contribution is 8.18. The fourth-order valence-electron chi connectivity index (χ4n) is 3.32. The van der Waals surface area contributed by atoms with E-state index in [2.05, 4.69) is 0 Å². The summed E-state index contributed by atoms with van der Waals surface area (Å²) in [6, 6.07) is 3.96. The molecule has 1 aromatic rings. The molecule has 25 heavy (non-hydrogen) atoms. The van der Waals surface area contributed by atoms with Crippen molar-refractivity contribution in [1.29, 1.82) is 0 Å². The molecule has 0 spiro atoms. The van der Waals surface area contributed by atoms with Crippen molar-refractivity contribution in [2.24, 2.45) is 0 Å². The van der Waals surface area contributed by atoms with E-state index >= 15 is 0 Å². The first-order valence-electron chi connectivity index (χ1n) is 8.61. The molecule has 0 heterocycles. The minimum atomic E-state index is -0.588.